The molecule has 0 spiro atoms. The number of carbonyl (C=O) groups is 1. The van der Waals surface area contributed by atoms with Crippen LogP contribution < -0.4 is 5.69 Å². The summed E-state index contributed by atoms with van der Waals surface area (Å²) in [7, 11) is 0. The molecule has 0 bridgehead atoms. The summed E-state index contributed by atoms with van der Waals surface area (Å²) in [6.45, 7) is 3.92. The van der Waals surface area contributed by atoms with Crippen molar-refractivity contribution in [2.45, 2.75) is 51.0 Å². The number of H-pyrrole nitrogens is 1. The molecule has 1 aliphatic carbocycles. The second kappa shape index (κ2) is 10.5. The van der Waals surface area contributed by atoms with Crippen LogP contribution in [-0.2, 0) is 4.74 Å². The summed E-state index contributed by atoms with van der Waals surface area (Å²) in [5, 5.41) is 0. The van der Waals surface area contributed by atoms with E-state index in [1.165, 1.54) is 12.0 Å². The number of ether oxygens (including phenoxy) is 1. The van der Waals surface area contributed by atoms with Gasteiger partial charge in [-0.3, -0.25) is 4.57 Å². The number of likely N-dealkylation sites (tertiary alicyclic amines) is 1. The summed E-state index contributed by atoms with van der Waals surface area (Å²) in [5.74, 6) is 1.46. The minimum absolute atomic E-state index is 0.0778. The van der Waals surface area contributed by atoms with Crippen LogP contribution in [0.25, 0.3) is 11.0 Å². The molecule has 6 nitrogen and oxygen atoms in total. The van der Waals surface area contributed by atoms with Gasteiger partial charge in [-0.2, -0.15) is 0 Å². The fraction of sp³-hybridized carbons (Fsp3) is 0.448. The van der Waals surface area contributed by atoms with Crippen molar-refractivity contribution in [3.8, 4) is 0 Å². The highest BCUT2D eigenvalue weighted by molar-refractivity contribution is 5.75. The molecule has 1 aliphatic heterocycles. The number of aromatic amines is 1. The molecule has 3 aromatic rings. The average molecular weight is 474 g/mol. The minimum Gasteiger partial charge on any atom is -0.449 e. The largest absolute Gasteiger partial charge is 0.449 e. The summed E-state index contributed by atoms with van der Waals surface area (Å²) >= 11 is 0. The lowest BCUT2D eigenvalue weighted by molar-refractivity contribution is 0.0834. The number of allylic oxidation sites excluding steroid dienone is 2. The Morgan fingerprint density at radius 3 is 2.57 bits per heavy atom. The number of imidazole rings is 1. The molecular weight excluding hydrogens is 438 g/mol. The van der Waals surface area contributed by atoms with E-state index < -0.39 is 0 Å². The van der Waals surface area contributed by atoms with Crippen molar-refractivity contribution in [3.63, 3.8) is 0 Å². The van der Waals surface area contributed by atoms with Crippen LogP contribution in [0, 0.1) is 11.8 Å². The third-order valence-electron chi connectivity index (χ3n) is 7.89. The van der Waals surface area contributed by atoms with E-state index in [0.29, 0.717) is 37.5 Å². The molecule has 1 fully saturated rings. The van der Waals surface area contributed by atoms with E-state index in [2.05, 4.69) is 54.4 Å². The molecule has 2 aliphatic rings. The van der Waals surface area contributed by atoms with Gasteiger partial charge in [0.05, 0.1) is 17.6 Å². The molecule has 0 saturated carbocycles. The summed E-state index contributed by atoms with van der Waals surface area (Å²) < 4.78 is 7.62. The Hall–Kier alpha value is -3.28. The molecule has 1 N–H and O–H groups in total. The number of aromatic nitrogens is 2. The van der Waals surface area contributed by atoms with Crippen LogP contribution in [0.4, 0.5) is 4.79 Å². The quantitative estimate of drug-likeness (QED) is 0.455. The number of benzene rings is 2. The highest BCUT2D eigenvalue weighted by atomic mass is 16.6. The van der Waals surface area contributed by atoms with Crippen molar-refractivity contribution in [2.75, 3.05) is 19.7 Å². The van der Waals surface area contributed by atoms with Crippen molar-refractivity contribution in [3.05, 3.63) is 82.8 Å². The molecule has 3 unspecified atom stereocenters. The zero-order valence-electron chi connectivity index (χ0n) is 20.4. The van der Waals surface area contributed by atoms with E-state index in [4.69, 9.17) is 4.74 Å². The number of nitrogens with one attached hydrogen (secondary N) is 1. The molecule has 1 saturated heterocycles. The van der Waals surface area contributed by atoms with Crippen LogP contribution in [-0.4, -0.2) is 40.2 Å². The summed E-state index contributed by atoms with van der Waals surface area (Å²) in [6, 6.07) is 18.5. The third kappa shape index (κ3) is 5.07. The lowest BCUT2D eigenvalue weighted by Crippen LogP contribution is -2.41. The molecular formula is C29H35N3O3. The van der Waals surface area contributed by atoms with Crippen LogP contribution in [0.3, 0.4) is 0 Å². The monoisotopic (exact) mass is 473 g/mol. The number of piperidine rings is 1. The first kappa shape index (κ1) is 23.5. The van der Waals surface area contributed by atoms with Gasteiger partial charge >= 0.3 is 11.8 Å². The van der Waals surface area contributed by atoms with Crippen LogP contribution in [0.1, 0.15) is 56.6 Å². The number of fused-ring (bicyclic) bond motifs is 1. The maximum Gasteiger partial charge on any atom is 0.409 e. The van der Waals surface area contributed by atoms with Crippen molar-refractivity contribution < 1.29 is 9.53 Å². The Morgan fingerprint density at radius 2 is 1.80 bits per heavy atom. The van der Waals surface area contributed by atoms with Crippen molar-refractivity contribution in [1.29, 1.82) is 0 Å². The Balaban J connectivity index is 1.17. The maximum atomic E-state index is 12.8. The Bertz CT molecular complexity index is 1220. The molecule has 6 heteroatoms. The van der Waals surface area contributed by atoms with E-state index in [1.54, 1.807) is 4.90 Å². The fourth-order valence-corrected chi connectivity index (χ4v) is 6.01. The number of hydrogen-bond donors (Lipinski definition) is 1. The normalized spacial score (nSPS) is 21.8. The molecule has 2 heterocycles. The van der Waals surface area contributed by atoms with Crippen molar-refractivity contribution >= 4 is 17.1 Å². The van der Waals surface area contributed by atoms with Crippen molar-refractivity contribution in [1.82, 2.24) is 14.5 Å². The number of rotatable bonds is 6. The molecule has 184 valence electrons. The summed E-state index contributed by atoms with van der Waals surface area (Å²) in [4.78, 5) is 30.1. The standard InChI is InChI=1S/C29H35N3O3/c1-21-9-5-6-12-24(21)25(22-10-3-2-4-11-22)17-20-35-29(34)31-18-15-23(16-19-31)32-27-14-8-7-13-26(27)30-28(32)33/h2-5,7-11,13-14,21,23-25H,6,12,15-20H2,1H3,(H,30,33). The molecule has 3 atom stereocenters. The van der Waals surface area contributed by atoms with E-state index in [-0.39, 0.29) is 17.8 Å². The van der Waals surface area contributed by atoms with Gasteiger partial charge < -0.3 is 14.6 Å². The van der Waals surface area contributed by atoms with E-state index in [0.717, 1.165) is 36.7 Å². The Labute approximate surface area is 206 Å². The third-order valence-corrected chi connectivity index (χ3v) is 7.89. The lowest BCUT2D eigenvalue weighted by atomic mass is 9.72. The minimum atomic E-state index is -0.238. The van der Waals surface area contributed by atoms with Crippen LogP contribution in [0.15, 0.2) is 71.5 Å². The predicted octanol–water partition coefficient (Wildman–Crippen LogP) is 5.88. The summed E-state index contributed by atoms with van der Waals surface area (Å²) in [5.41, 5.74) is 3.04. The molecule has 1 amide bonds. The van der Waals surface area contributed by atoms with Gasteiger partial charge in [0.2, 0.25) is 0 Å². The highest BCUT2D eigenvalue weighted by Gasteiger charge is 2.30. The van der Waals surface area contributed by atoms with Gasteiger partial charge in [-0.25, -0.2) is 9.59 Å². The SMILES string of the molecule is CC1C=CCCC1C(CCOC(=O)N1CCC(n2c(=O)[nH]c3ccccc32)CC1)c1ccccc1. The predicted molar refractivity (Wildman–Crippen MR) is 139 cm³/mol. The Morgan fingerprint density at radius 1 is 1.06 bits per heavy atom. The number of hydrogen-bond acceptors (Lipinski definition) is 3. The van der Waals surface area contributed by atoms with Crippen LogP contribution >= 0.6 is 0 Å². The van der Waals surface area contributed by atoms with Gasteiger partial charge in [0.1, 0.15) is 0 Å². The first-order valence-corrected chi connectivity index (χ1v) is 12.9. The van der Waals surface area contributed by atoms with E-state index in [1.807, 2.05) is 28.8 Å². The molecule has 35 heavy (non-hydrogen) atoms. The fourth-order valence-electron chi connectivity index (χ4n) is 6.01. The number of para-hydroxylation sites is 2. The van der Waals surface area contributed by atoms with Gasteiger partial charge in [-0.1, -0.05) is 61.5 Å². The number of carbonyl (C=O) groups excluding carboxylic acids is 1. The van der Waals surface area contributed by atoms with Gasteiger partial charge in [-0.05, 0) is 67.6 Å². The van der Waals surface area contributed by atoms with Gasteiger partial charge in [0.15, 0.2) is 0 Å². The van der Waals surface area contributed by atoms with Gasteiger partial charge in [0.25, 0.3) is 0 Å². The highest BCUT2D eigenvalue weighted by Crippen LogP contribution is 2.39. The molecule has 1 aromatic heterocycles. The van der Waals surface area contributed by atoms with Crippen molar-refractivity contribution in [2.24, 2.45) is 11.8 Å². The number of nitrogens with zero attached hydrogens (tertiary/aromatic N) is 2. The molecule has 2 aromatic carbocycles. The summed E-state index contributed by atoms with van der Waals surface area (Å²) in [6.07, 6.45) is 9.00. The zero-order chi connectivity index (χ0) is 24.2. The van der Waals surface area contributed by atoms with E-state index >= 15 is 0 Å². The smallest absolute Gasteiger partial charge is 0.409 e. The van der Waals surface area contributed by atoms with Crippen LogP contribution in [0.5, 0.6) is 0 Å². The van der Waals surface area contributed by atoms with Gasteiger partial charge in [-0.15, -0.1) is 0 Å². The number of amides is 1. The van der Waals surface area contributed by atoms with Gasteiger partial charge in [0, 0.05) is 19.1 Å². The first-order chi connectivity index (χ1) is 17.1. The second-order valence-corrected chi connectivity index (χ2v) is 9.98. The lowest BCUT2D eigenvalue weighted by Gasteiger charge is -2.34. The topological polar surface area (TPSA) is 67.3 Å². The average Bonchev–Trinajstić information content (AvgIpc) is 3.23. The van der Waals surface area contributed by atoms with Crippen LogP contribution in [0.2, 0.25) is 0 Å². The Kier molecular flexibility index (Phi) is 7.07. The maximum absolute atomic E-state index is 12.8. The zero-order valence-corrected chi connectivity index (χ0v) is 20.4. The molecule has 0 radical (unpaired) electrons. The van der Waals surface area contributed by atoms with E-state index in [9.17, 15) is 9.59 Å². The molecule has 5 rings (SSSR count). The first-order valence-electron chi connectivity index (χ1n) is 12.9. The second-order valence-electron chi connectivity index (χ2n) is 9.98.